The van der Waals surface area contributed by atoms with Crippen molar-refractivity contribution in [2.45, 2.75) is 20.8 Å². The maximum atomic E-state index is 11.6. The molecule has 0 radical (unpaired) electrons. The first kappa shape index (κ1) is 15.0. The summed E-state index contributed by atoms with van der Waals surface area (Å²) in [7, 11) is 0. The van der Waals surface area contributed by atoms with Crippen LogP contribution in [0, 0.1) is 6.92 Å². The van der Waals surface area contributed by atoms with Crippen molar-refractivity contribution in [3.63, 3.8) is 0 Å². The van der Waals surface area contributed by atoms with Gasteiger partial charge in [0.2, 0.25) is 5.91 Å². The van der Waals surface area contributed by atoms with Crippen molar-refractivity contribution in [2.24, 2.45) is 0 Å². The highest BCUT2D eigenvalue weighted by atomic mass is 16.4. The second-order valence-corrected chi connectivity index (χ2v) is 4.27. The molecule has 2 N–H and O–H groups in total. The lowest BCUT2D eigenvalue weighted by atomic mass is 10.1. The summed E-state index contributed by atoms with van der Waals surface area (Å²) < 4.78 is 0. The number of carboxylic acids is 1. The van der Waals surface area contributed by atoms with Gasteiger partial charge in [0.25, 0.3) is 0 Å². The summed E-state index contributed by atoms with van der Waals surface area (Å²) in [5.41, 5.74) is 2.00. The molecule has 5 heteroatoms. The summed E-state index contributed by atoms with van der Waals surface area (Å²) in [5, 5.41) is 11.7. The summed E-state index contributed by atoms with van der Waals surface area (Å²) in [5.74, 6) is -0.979. The monoisotopic (exact) mass is 264 g/mol. The summed E-state index contributed by atoms with van der Waals surface area (Å²) >= 11 is 0. The van der Waals surface area contributed by atoms with E-state index in [1.54, 1.807) is 18.2 Å². The highest BCUT2D eigenvalue weighted by Crippen LogP contribution is 2.21. The minimum absolute atomic E-state index is 0.0361. The average molecular weight is 264 g/mol. The molecular weight excluding hydrogens is 244 g/mol. The first-order chi connectivity index (χ1) is 8.99. The van der Waals surface area contributed by atoms with Crippen LogP contribution in [0.3, 0.4) is 0 Å². The molecule has 0 aliphatic rings. The van der Waals surface area contributed by atoms with E-state index in [2.05, 4.69) is 5.32 Å². The fraction of sp³-hybridized carbons (Fsp3) is 0.429. The van der Waals surface area contributed by atoms with Gasteiger partial charge >= 0.3 is 5.97 Å². The SMILES string of the molecule is CCNC(=O)CN(CC)c1ccc(C(=O)O)cc1C. The molecule has 0 unspecified atom stereocenters. The van der Waals surface area contributed by atoms with E-state index in [-0.39, 0.29) is 18.0 Å². The number of benzene rings is 1. The van der Waals surface area contributed by atoms with Gasteiger partial charge < -0.3 is 15.3 Å². The molecule has 0 aliphatic heterocycles. The van der Waals surface area contributed by atoms with Crippen molar-refractivity contribution in [2.75, 3.05) is 24.5 Å². The molecule has 0 saturated heterocycles. The number of aromatic carboxylic acids is 1. The molecule has 5 nitrogen and oxygen atoms in total. The maximum absolute atomic E-state index is 11.6. The van der Waals surface area contributed by atoms with Crippen molar-refractivity contribution in [3.05, 3.63) is 29.3 Å². The third-order valence-electron chi connectivity index (χ3n) is 2.87. The van der Waals surface area contributed by atoms with Crippen LogP contribution < -0.4 is 10.2 Å². The number of aryl methyl sites for hydroxylation is 1. The van der Waals surface area contributed by atoms with Gasteiger partial charge in [-0.15, -0.1) is 0 Å². The van der Waals surface area contributed by atoms with Crippen LogP contribution in [0.2, 0.25) is 0 Å². The Morgan fingerprint density at radius 2 is 2.00 bits per heavy atom. The van der Waals surface area contributed by atoms with Gasteiger partial charge in [0.05, 0.1) is 12.1 Å². The van der Waals surface area contributed by atoms with E-state index in [1.807, 2.05) is 25.7 Å². The Kier molecular flexibility index (Phi) is 5.36. The molecule has 19 heavy (non-hydrogen) atoms. The minimum atomic E-state index is -0.943. The van der Waals surface area contributed by atoms with E-state index in [4.69, 9.17) is 5.11 Å². The quantitative estimate of drug-likeness (QED) is 0.819. The second-order valence-electron chi connectivity index (χ2n) is 4.27. The van der Waals surface area contributed by atoms with Gasteiger partial charge in [0.15, 0.2) is 0 Å². The highest BCUT2D eigenvalue weighted by Gasteiger charge is 2.13. The number of hydrogen-bond donors (Lipinski definition) is 2. The van der Waals surface area contributed by atoms with Crippen LogP contribution >= 0.6 is 0 Å². The molecule has 0 aromatic heterocycles. The summed E-state index contributed by atoms with van der Waals surface area (Å²) in [6.07, 6.45) is 0. The molecule has 0 fully saturated rings. The third kappa shape index (κ3) is 3.98. The Morgan fingerprint density at radius 3 is 2.47 bits per heavy atom. The van der Waals surface area contributed by atoms with Crippen molar-refractivity contribution in [3.8, 4) is 0 Å². The number of hydrogen-bond acceptors (Lipinski definition) is 3. The van der Waals surface area contributed by atoms with Gasteiger partial charge in [-0.2, -0.15) is 0 Å². The number of carbonyl (C=O) groups is 2. The predicted octanol–water partition coefficient (Wildman–Crippen LogP) is 1.66. The Morgan fingerprint density at radius 1 is 1.32 bits per heavy atom. The topological polar surface area (TPSA) is 69.6 Å². The van der Waals surface area contributed by atoms with E-state index >= 15 is 0 Å². The lowest BCUT2D eigenvalue weighted by Crippen LogP contribution is -2.37. The molecular formula is C14H20N2O3. The Bertz CT molecular complexity index is 472. The summed E-state index contributed by atoms with van der Waals surface area (Å²) in [4.78, 5) is 24.4. The largest absolute Gasteiger partial charge is 0.478 e. The standard InChI is InChI=1S/C14H20N2O3/c1-4-15-13(17)9-16(5-2)12-7-6-11(14(18)19)8-10(12)3/h6-8H,4-5,9H2,1-3H3,(H,15,17)(H,18,19). The molecule has 1 aromatic rings. The molecule has 1 amide bonds. The van der Waals surface area contributed by atoms with Crippen LogP contribution in [0.25, 0.3) is 0 Å². The van der Waals surface area contributed by atoms with Crippen molar-refractivity contribution < 1.29 is 14.7 Å². The van der Waals surface area contributed by atoms with Crippen LogP contribution in [-0.2, 0) is 4.79 Å². The van der Waals surface area contributed by atoms with E-state index < -0.39 is 5.97 Å². The fourth-order valence-electron chi connectivity index (χ4n) is 1.94. The average Bonchev–Trinajstić information content (AvgIpc) is 2.36. The molecule has 104 valence electrons. The van der Waals surface area contributed by atoms with Crippen molar-refractivity contribution >= 4 is 17.6 Å². The van der Waals surface area contributed by atoms with Gasteiger partial charge in [0, 0.05) is 18.8 Å². The van der Waals surface area contributed by atoms with Crippen LogP contribution in [0.4, 0.5) is 5.69 Å². The Labute approximate surface area is 113 Å². The van der Waals surface area contributed by atoms with Gasteiger partial charge in [-0.25, -0.2) is 4.79 Å². The highest BCUT2D eigenvalue weighted by molar-refractivity contribution is 5.89. The number of likely N-dealkylation sites (N-methyl/N-ethyl adjacent to an activating group) is 2. The van der Waals surface area contributed by atoms with E-state index in [0.29, 0.717) is 13.1 Å². The number of nitrogens with one attached hydrogen (secondary N) is 1. The molecule has 0 bridgehead atoms. The van der Waals surface area contributed by atoms with Crippen LogP contribution in [0.5, 0.6) is 0 Å². The van der Waals surface area contributed by atoms with Gasteiger partial charge in [-0.3, -0.25) is 4.79 Å². The van der Waals surface area contributed by atoms with Gasteiger partial charge in [0.1, 0.15) is 0 Å². The zero-order valence-corrected chi connectivity index (χ0v) is 11.6. The Hall–Kier alpha value is -2.04. The van der Waals surface area contributed by atoms with E-state index in [9.17, 15) is 9.59 Å². The zero-order chi connectivity index (χ0) is 14.4. The first-order valence-electron chi connectivity index (χ1n) is 6.35. The smallest absolute Gasteiger partial charge is 0.335 e. The van der Waals surface area contributed by atoms with Gasteiger partial charge in [-0.05, 0) is 44.5 Å². The molecule has 0 heterocycles. The molecule has 0 aliphatic carbocycles. The molecule has 0 spiro atoms. The zero-order valence-electron chi connectivity index (χ0n) is 11.6. The van der Waals surface area contributed by atoms with Crippen LogP contribution in [-0.4, -0.2) is 36.6 Å². The minimum Gasteiger partial charge on any atom is -0.478 e. The predicted molar refractivity (Wildman–Crippen MR) is 74.7 cm³/mol. The number of rotatable bonds is 6. The lowest BCUT2D eigenvalue weighted by Gasteiger charge is -2.24. The number of nitrogens with zero attached hydrogens (tertiary/aromatic N) is 1. The third-order valence-corrected chi connectivity index (χ3v) is 2.87. The maximum Gasteiger partial charge on any atom is 0.335 e. The Balaban J connectivity index is 2.92. The van der Waals surface area contributed by atoms with E-state index in [1.165, 1.54) is 0 Å². The summed E-state index contributed by atoms with van der Waals surface area (Å²) in [6, 6.07) is 4.94. The fourth-order valence-corrected chi connectivity index (χ4v) is 1.94. The summed E-state index contributed by atoms with van der Waals surface area (Å²) in [6.45, 7) is 7.25. The molecule has 1 rings (SSSR count). The van der Waals surface area contributed by atoms with Crippen LogP contribution in [0.1, 0.15) is 29.8 Å². The van der Waals surface area contributed by atoms with Crippen molar-refractivity contribution in [1.29, 1.82) is 0 Å². The molecule has 1 aromatic carbocycles. The number of anilines is 1. The number of amides is 1. The second kappa shape index (κ2) is 6.78. The lowest BCUT2D eigenvalue weighted by molar-refractivity contribution is -0.119. The number of carboxylic acid groups (broad SMARTS) is 1. The normalized spacial score (nSPS) is 10.1. The number of carbonyl (C=O) groups excluding carboxylic acids is 1. The van der Waals surface area contributed by atoms with Crippen LogP contribution in [0.15, 0.2) is 18.2 Å². The molecule has 0 atom stereocenters. The van der Waals surface area contributed by atoms with E-state index in [0.717, 1.165) is 11.3 Å². The molecule has 0 saturated carbocycles. The van der Waals surface area contributed by atoms with Crippen molar-refractivity contribution in [1.82, 2.24) is 5.32 Å². The van der Waals surface area contributed by atoms with Gasteiger partial charge in [-0.1, -0.05) is 0 Å². The first-order valence-corrected chi connectivity index (χ1v) is 6.35.